The van der Waals surface area contributed by atoms with Gasteiger partial charge in [-0.05, 0) is 43.2 Å². The minimum Gasteiger partial charge on any atom is -0.343 e. The van der Waals surface area contributed by atoms with Gasteiger partial charge in [0.15, 0.2) is 0 Å². The van der Waals surface area contributed by atoms with E-state index in [-0.39, 0.29) is 4.90 Å². The number of nitrogens with zero attached hydrogens (tertiary/aromatic N) is 1. The van der Waals surface area contributed by atoms with E-state index in [2.05, 4.69) is 9.71 Å². The van der Waals surface area contributed by atoms with E-state index < -0.39 is 10.0 Å². The topological polar surface area (TPSA) is 58.5 Å². The maximum absolute atomic E-state index is 12.3. The summed E-state index contributed by atoms with van der Waals surface area (Å²) in [6.45, 7) is 1.91. The number of sulfonamides is 1. The number of rotatable bonds is 2. The van der Waals surface area contributed by atoms with Crippen LogP contribution in [0.25, 0.3) is 0 Å². The summed E-state index contributed by atoms with van der Waals surface area (Å²) in [5.74, 6) is 0.440. The van der Waals surface area contributed by atoms with Crippen molar-refractivity contribution in [2.24, 2.45) is 4.40 Å². The van der Waals surface area contributed by atoms with Gasteiger partial charge in [-0.25, -0.2) is 0 Å². The van der Waals surface area contributed by atoms with Gasteiger partial charge in [-0.3, -0.25) is 0 Å². The number of nitrogens with one attached hydrogen (secondary N) is 1. The summed E-state index contributed by atoms with van der Waals surface area (Å²) >= 11 is 5.97. The van der Waals surface area contributed by atoms with Crippen molar-refractivity contribution in [3.63, 3.8) is 0 Å². The zero-order valence-electron chi connectivity index (χ0n) is 12.0. The van der Waals surface area contributed by atoms with Crippen LogP contribution in [0.2, 0.25) is 5.02 Å². The molecule has 0 fully saturated rings. The predicted molar refractivity (Wildman–Crippen MR) is 89.2 cm³/mol. The molecule has 0 spiro atoms. The van der Waals surface area contributed by atoms with Crippen LogP contribution in [0.4, 0.5) is 5.69 Å². The Bertz CT molecular complexity index is 843. The van der Waals surface area contributed by atoms with E-state index in [1.165, 1.54) is 0 Å². The molecule has 114 valence electrons. The Morgan fingerprint density at radius 1 is 1.09 bits per heavy atom. The average Bonchev–Trinajstić information content (AvgIpc) is 2.47. The van der Waals surface area contributed by atoms with Crippen molar-refractivity contribution in [1.29, 1.82) is 0 Å². The molecule has 0 saturated carbocycles. The third-order valence-electron chi connectivity index (χ3n) is 3.53. The molecule has 1 N–H and O–H groups in total. The van der Waals surface area contributed by atoms with Gasteiger partial charge in [-0.2, -0.15) is 8.42 Å². The lowest BCUT2D eigenvalue weighted by Gasteiger charge is -2.19. The molecule has 2 aromatic carbocycles. The Morgan fingerprint density at radius 3 is 2.55 bits per heavy atom. The van der Waals surface area contributed by atoms with Gasteiger partial charge >= 0.3 is 0 Å². The first-order chi connectivity index (χ1) is 10.4. The molecule has 0 bridgehead atoms. The molecule has 0 radical (unpaired) electrons. The number of aryl methyl sites for hydroxylation is 2. The second-order valence-electron chi connectivity index (χ2n) is 5.25. The summed E-state index contributed by atoms with van der Waals surface area (Å²) in [6.07, 6.45) is 1.29. The highest BCUT2D eigenvalue weighted by atomic mass is 35.5. The van der Waals surface area contributed by atoms with E-state index in [4.69, 9.17) is 11.6 Å². The van der Waals surface area contributed by atoms with Gasteiger partial charge in [0, 0.05) is 17.1 Å². The molecular weight excluding hydrogens is 320 g/mol. The zero-order chi connectivity index (χ0) is 15.7. The van der Waals surface area contributed by atoms with E-state index in [1.807, 2.05) is 19.1 Å². The van der Waals surface area contributed by atoms with Crippen molar-refractivity contribution in [3.05, 3.63) is 58.6 Å². The van der Waals surface area contributed by atoms with Crippen molar-refractivity contribution in [1.82, 2.24) is 0 Å². The summed E-state index contributed by atoms with van der Waals surface area (Å²) in [6, 6.07) is 12.2. The monoisotopic (exact) mass is 334 g/mol. The van der Waals surface area contributed by atoms with E-state index >= 15 is 0 Å². The smallest absolute Gasteiger partial charge is 0.283 e. The number of benzene rings is 2. The minimum absolute atomic E-state index is 0.198. The SMILES string of the molecule is Cc1ccc(S(=O)(=O)N=C2CCc3ccc(Cl)cc3N2)cc1. The van der Waals surface area contributed by atoms with Gasteiger partial charge < -0.3 is 5.32 Å². The number of hydrogen-bond donors (Lipinski definition) is 1. The molecule has 1 heterocycles. The highest BCUT2D eigenvalue weighted by Gasteiger charge is 2.18. The van der Waals surface area contributed by atoms with Crippen molar-refractivity contribution in [3.8, 4) is 0 Å². The standard InChI is InChI=1S/C16H15ClN2O2S/c1-11-2-7-14(8-3-11)22(20,21)19-16-9-5-12-4-6-13(17)10-15(12)18-16/h2-4,6-8,10H,5,9H2,1H3,(H,18,19). The van der Waals surface area contributed by atoms with Crippen LogP contribution in [0.15, 0.2) is 51.8 Å². The molecule has 0 amide bonds. The van der Waals surface area contributed by atoms with Crippen LogP contribution in [-0.2, 0) is 16.4 Å². The van der Waals surface area contributed by atoms with Crippen molar-refractivity contribution in [2.75, 3.05) is 5.32 Å². The lowest BCUT2D eigenvalue weighted by atomic mass is 10.0. The second-order valence-corrected chi connectivity index (χ2v) is 7.29. The molecule has 4 nitrogen and oxygen atoms in total. The molecule has 0 aromatic heterocycles. The fraction of sp³-hybridized carbons (Fsp3) is 0.188. The maximum atomic E-state index is 12.3. The number of hydrogen-bond acceptors (Lipinski definition) is 2. The summed E-state index contributed by atoms with van der Waals surface area (Å²) < 4.78 is 28.6. The average molecular weight is 335 g/mol. The lowest BCUT2D eigenvalue weighted by molar-refractivity contribution is 0.598. The van der Waals surface area contributed by atoms with Gasteiger partial charge in [-0.1, -0.05) is 35.4 Å². The molecule has 0 saturated heterocycles. The number of halogens is 1. The quantitative estimate of drug-likeness (QED) is 0.908. The fourth-order valence-electron chi connectivity index (χ4n) is 2.33. The molecule has 0 aliphatic carbocycles. The largest absolute Gasteiger partial charge is 0.343 e. The number of anilines is 1. The Hall–Kier alpha value is -1.85. The summed E-state index contributed by atoms with van der Waals surface area (Å²) in [4.78, 5) is 0.198. The first-order valence-corrected chi connectivity index (χ1v) is 8.72. The van der Waals surface area contributed by atoms with Gasteiger partial charge in [0.05, 0.1) is 4.90 Å². The molecule has 6 heteroatoms. The zero-order valence-corrected chi connectivity index (χ0v) is 13.6. The van der Waals surface area contributed by atoms with Crippen LogP contribution >= 0.6 is 11.6 Å². The van der Waals surface area contributed by atoms with Gasteiger partial charge in [0.25, 0.3) is 10.0 Å². The normalized spacial score (nSPS) is 16.2. The third kappa shape index (κ3) is 3.15. The number of fused-ring (bicyclic) bond motifs is 1. The molecule has 1 aliphatic heterocycles. The minimum atomic E-state index is -3.70. The first-order valence-electron chi connectivity index (χ1n) is 6.90. The van der Waals surface area contributed by atoms with Crippen molar-refractivity contribution >= 4 is 33.1 Å². The second kappa shape index (κ2) is 5.74. The molecule has 0 atom stereocenters. The van der Waals surface area contributed by atoms with Crippen LogP contribution in [0, 0.1) is 6.92 Å². The highest BCUT2D eigenvalue weighted by Crippen LogP contribution is 2.27. The van der Waals surface area contributed by atoms with Gasteiger partial charge in [-0.15, -0.1) is 4.40 Å². The Balaban J connectivity index is 1.91. The maximum Gasteiger partial charge on any atom is 0.283 e. The lowest BCUT2D eigenvalue weighted by Crippen LogP contribution is -2.21. The van der Waals surface area contributed by atoms with Gasteiger partial charge in [0.2, 0.25) is 0 Å². The van der Waals surface area contributed by atoms with Crippen LogP contribution in [-0.4, -0.2) is 14.3 Å². The Kier molecular flexibility index (Phi) is 3.93. The van der Waals surface area contributed by atoms with Crippen molar-refractivity contribution < 1.29 is 8.42 Å². The first kappa shape index (κ1) is 15.1. The predicted octanol–water partition coefficient (Wildman–Crippen LogP) is 3.79. The number of amidine groups is 1. The van der Waals surface area contributed by atoms with Crippen LogP contribution in [0.3, 0.4) is 0 Å². The Labute approximate surface area is 134 Å². The molecule has 2 aromatic rings. The molecule has 1 aliphatic rings. The van der Waals surface area contributed by atoms with Crippen LogP contribution < -0.4 is 5.32 Å². The molecular formula is C16H15ClN2O2S. The fourth-order valence-corrected chi connectivity index (χ4v) is 3.52. The Morgan fingerprint density at radius 2 is 1.82 bits per heavy atom. The third-order valence-corrected chi connectivity index (χ3v) is 5.09. The summed E-state index contributed by atoms with van der Waals surface area (Å²) in [5.41, 5.74) is 2.93. The van der Waals surface area contributed by atoms with E-state index in [0.717, 1.165) is 23.2 Å². The molecule has 0 unspecified atom stereocenters. The highest BCUT2D eigenvalue weighted by molar-refractivity contribution is 7.90. The van der Waals surface area contributed by atoms with Crippen LogP contribution in [0.5, 0.6) is 0 Å². The summed E-state index contributed by atoms with van der Waals surface area (Å²) in [5, 5.41) is 3.67. The van der Waals surface area contributed by atoms with E-state index in [9.17, 15) is 8.42 Å². The molecule has 22 heavy (non-hydrogen) atoms. The van der Waals surface area contributed by atoms with E-state index in [0.29, 0.717) is 17.3 Å². The molecule has 3 rings (SSSR count). The summed E-state index contributed by atoms with van der Waals surface area (Å²) in [7, 11) is -3.70. The van der Waals surface area contributed by atoms with Crippen molar-refractivity contribution in [2.45, 2.75) is 24.7 Å². The van der Waals surface area contributed by atoms with Crippen LogP contribution in [0.1, 0.15) is 17.5 Å². The van der Waals surface area contributed by atoms with Gasteiger partial charge in [0.1, 0.15) is 5.84 Å². The van der Waals surface area contributed by atoms with E-state index in [1.54, 1.807) is 30.3 Å².